The molecular formula is C20H23NO2. The Morgan fingerprint density at radius 3 is 2.04 bits per heavy atom. The molecule has 1 saturated heterocycles. The first-order chi connectivity index (χ1) is 11.3. The number of ether oxygens (including phenoxy) is 1. The zero-order chi connectivity index (χ0) is 16.1. The van der Waals surface area contributed by atoms with Gasteiger partial charge in [-0.05, 0) is 49.2 Å². The number of ketones is 1. The van der Waals surface area contributed by atoms with Crippen LogP contribution in [0.2, 0.25) is 0 Å². The highest BCUT2D eigenvalue weighted by Crippen LogP contribution is 2.23. The molecule has 23 heavy (non-hydrogen) atoms. The van der Waals surface area contributed by atoms with Crippen molar-refractivity contribution in [3.05, 3.63) is 54.1 Å². The van der Waals surface area contributed by atoms with Crippen LogP contribution < -0.4 is 4.74 Å². The van der Waals surface area contributed by atoms with E-state index in [2.05, 4.69) is 4.90 Å². The van der Waals surface area contributed by atoms with Crippen molar-refractivity contribution in [2.24, 2.45) is 0 Å². The molecule has 0 N–H and O–H groups in total. The lowest BCUT2D eigenvalue weighted by atomic mass is 10.0. The van der Waals surface area contributed by atoms with E-state index in [1.54, 1.807) is 7.11 Å². The average molecular weight is 309 g/mol. The first kappa shape index (κ1) is 15.8. The van der Waals surface area contributed by atoms with E-state index in [1.165, 1.54) is 19.3 Å². The van der Waals surface area contributed by atoms with Crippen LogP contribution in [0.25, 0.3) is 11.1 Å². The van der Waals surface area contributed by atoms with Crippen LogP contribution in [0.5, 0.6) is 5.75 Å². The lowest BCUT2D eigenvalue weighted by Gasteiger charge is -2.25. The summed E-state index contributed by atoms with van der Waals surface area (Å²) in [5.74, 6) is 1.07. The molecule has 2 aromatic carbocycles. The number of nitrogens with zero attached hydrogens (tertiary/aromatic N) is 1. The maximum atomic E-state index is 12.4. The zero-order valence-corrected chi connectivity index (χ0v) is 13.6. The lowest BCUT2D eigenvalue weighted by Crippen LogP contribution is -2.34. The molecule has 2 aromatic rings. The smallest absolute Gasteiger partial charge is 0.176 e. The minimum Gasteiger partial charge on any atom is -0.497 e. The minimum absolute atomic E-state index is 0.216. The largest absolute Gasteiger partial charge is 0.497 e. The van der Waals surface area contributed by atoms with E-state index in [4.69, 9.17) is 4.74 Å². The van der Waals surface area contributed by atoms with E-state index in [0.717, 1.165) is 35.5 Å². The molecule has 0 aromatic heterocycles. The first-order valence-corrected chi connectivity index (χ1v) is 8.26. The standard InChI is InChI=1S/C20H23NO2/c1-23-19-11-9-17(10-12-19)16-5-7-18(8-6-16)20(22)15-21-13-3-2-4-14-21/h5-12H,2-4,13-15H2,1H3. The summed E-state index contributed by atoms with van der Waals surface area (Å²) in [6, 6.07) is 15.9. The SMILES string of the molecule is COc1ccc(-c2ccc(C(=O)CN3CCCCC3)cc2)cc1. The van der Waals surface area contributed by atoms with E-state index in [1.807, 2.05) is 48.5 Å². The van der Waals surface area contributed by atoms with Gasteiger partial charge in [0, 0.05) is 5.56 Å². The van der Waals surface area contributed by atoms with E-state index in [0.29, 0.717) is 6.54 Å². The van der Waals surface area contributed by atoms with E-state index in [-0.39, 0.29) is 5.78 Å². The minimum atomic E-state index is 0.216. The van der Waals surface area contributed by atoms with Gasteiger partial charge in [-0.1, -0.05) is 42.8 Å². The normalized spacial score (nSPS) is 15.3. The topological polar surface area (TPSA) is 29.5 Å². The molecule has 0 bridgehead atoms. The summed E-state index contributed by atoms with van der Waals surface area (Å²) in [6.45, 7) is 2.65. The van der Waals surface area contributed by atoms with Crippen LogP contribution in [0.1, 0.15) is 29.6 Å². The molecule has 3 heteroatoms. The number of hydrogen-bond acceptors (Lipinski definition) is 3. The van der Waals surface area contributed by atoms with E-state index >= 15 is 0 Å². The van der Waals surface area contributed by atoms with E-state index in [9.17, 15) is 4.79 Å². The quantitative estimate of drug-likeness (QED) is 0.781. The summed E-state index contributed by atoms with van der Waals surface area (Å²) in [7, 11) is 1.66. The van der Waals surface area contributed by atoms with Crippen molar-refractivity contribution in [1.82, 2.24) is 4.90 Å². The Morgan fingerprint density at radius 1 is 0.913 bits per heavy atom. The molecule has 1 heterocycles. The van der Waals surface area contributed by atoms with Crippen molar-refractivity contribution < 1.29 is 9.53 Å². The number of carbonyl (C=O) groups is 1. The molecule has 3 rings (SSSR count). The van der Waals surface area contributed by atoms with Gasteiger partial charge in [0.25, 0.3) is 0 Å². The Hall–Kier alpha value is -2.13. The van der Waals surface area contributed by atoms with Crippen molar-refractivity contribution >= 4 is 5.78 Å². The maximum Gasteiger partial charge on any atom is 0.176 e. The zero-order valence-electron chi connectivity index (χ0n) is 13.6. The molecule has 0 saturated carbocycles. The van der Waals surface area contributed by atoms with Crippen molar-refractivity contribution in [2.45, 2.75) is 19.3 Å². The molecule has 120 valence electrons. The highest BCUT2D eigenvalue weighted by molar-refractivity contribution is 5.98. The van der Waals surface area contributed by atoms with Gasteiger partial charge in [-0.3, -0.25) is 9.69 Å². The number of rotatable bonds is 5. The number of Topliss-reactive ketones (excluding diaryl/α,β-unsaturated/α-hetero) is 1. The fourth-order valence-corrected chi connectivity index (χ4v) is 3.04. The van der Waals surface area contributed by atoms with Crippen molar-refractivity contribution in [3.8, 4) is 16.9 Å². The van der Waals surface area contributed by atoms with E-state index < -0.39 is 0 Å². The van der Waals surface area contributed by atoms with Crippen LogP contribution in [0.15, 0.2) is 48.5 Å². The number of benzene rings is 2. The maximum absolute atomic E-state index is 12.4. The molecule has 1 aliphatic heterocycles. The lowest BCUT2D eigenvalue weighted by molar-refractivity contribution is 0.0915. The van der Waals surface area contributed by atoms with Gasteiger partial charge >= 0.3 is 0 Å². The molecular weight excluding hydrogens is 286 g/mol. The second kappa shape index (κ2) is 7.42. The molecule has 0 aliphatic carbocycles. The summed E-state index contributed by atoms with van der Waals surface area (Å²) < 4.78 is 5.18. The van der Waals surface area contributed by atoms with Gasteiger partial charge in [0.2, 0.25) is 0 Å². The predicted molar refractivity (Wildman–Crippen MR) is 93.1 cm³/mol. The van der Waals surface area contributed by atoms with Gasteiger partial charge in [-0.2, -0.15) is 0 Å². The molecule has 0 unspecified atom stereocenters. The Balaban J connectivity index is 1.66. The van der Waals surface area contributed by atoms with Crippen molar-refractivity contribution in [1.29, 1.82) is 0 Å². The third-order valence-electron chi connectivity index (χ3n) is 4.45. The van der Waals surface area contributed by atoms with Gasteiger partial charge in [0.15, 0.2) is 5.78 Å². The van der Waals surface area contributed by atoms with Gasteiger partial charge in [-0.15, -0.1) is 0 Å². The monoisotopic (exact) mass is 309 g/mol. The summed E-state index contributed by atoms with van der Waals surface area (Å²) in [4.78, 5) is 14.7. The second-order valence-corrected chi connectivity index (χ2v) is 6.07. The number of likely N-dealkylation sites (tertiary alicyclic amines) is 1. The highest BCUT2D eigenvalue weighted by Gasteiger charge is 2.15. The average Bonchev–Trinajstić information content (AvgIpc) is 2.63. The van der Waals surface area contributed by atoms with Gasteiger partial charge in [-0.25, -0.2) is 0 Å². The summed E-state index contributed by atoms with van der Waals surface area (Å²) in [5, 5.41) is 0. The Bertz CT molecular complexity index is 640. The van der Waals surface area contributed by atoms with Crippen LogP contribution in [-0.4, -0.2) is 37.4 Å². The molecule has 0 amide bonds. The van der Waals surface area contributed by atoms with Gasteiger partial charge < -0.3 is 4.74 Å². The Kier molecular flexibility index (Phi) is 5.09. The molecule has 1 aliphatic rings. The van der Waals surface area contributed by atoms with Gasteiger partial charge in [0.1, 0.15) is 5.75 Å². The Morgan fingerprint density at radius 2 is 1.48 bits per heavy atom. The highest BCUT2D eigenvalue weighted by atomic mass is 16.5. The fourth-order valence-electron chi connectivity index (χ4n) is 3.04. The van der Waals surface area contributed by atoms with Crippen molar-refractivity contribution in [2.75, 3.05) is 26.7 Å². The third kappa shape index (κ3) is 3.99. The van der Waals surface area contributed by atoms with Gasteiger partial charge in [0.05, 0.1) is 13.7 Å². The summed E-state index contributed by atoms with van der Waals surface area (Å²) in [6.07, 6.45) is 3.72. The van der Waals surface area contributed by atoms with Crippen LogP contribution >= 0.6 is 0 Å². The van der Waals surface area contributed by atoms with Crippen LogP contribution in [-0.2, 0) is 0 Å². The molecule has 0 spiro atoms. The molecule has 0 atom stereocenters. The number of methoxy groups -OCH3 is 1. The molecule has 0 radical (unpaired) electrons. The third-order valence-corrected chi connectivity index (χ3v) is 4.45. The number of hydrogen-bond donors (Lipinski definition) is 0. The van der Waals surface area contributed by atoms with Crippen LogP contribution in [0.3, 0.4) is 0 Å². The fraction of sp³-hybridized carbons (Fsp3) is 0.350. The first-order valence-electron chi connectivity index (χ1n) is 8.26. The van der Waals surface area contributed by atoms with Crippen LogP contribution in [0, 0.1) is 0 Å². The van der Waals surface area contributed by atoms with Crippen LogP contribution in [0.4, 0.5) is 0 Å². The summed E-state index contributed by atoms with van der Waals surface area (Å²) >= 11 is 0. The molecule has 3 nitrogen and oxygen atoms in total. The van der Waals surface area contributed by atoms with Crippen molar-refractivity contribution in [3.63, 3.8) is 0 Å². The number of piperidine rings is 1. The summed E-state index contributed by atoms with van der Waals surface area (Å²) in [5.41, 5.74) is 3.04. The predicted octanol–water partition coefficient (Wildman–Crippen LogP) is 4.03. The molecule has 1 fully saturated rings. The number of carbonyl (C=O) groups excluding carboxylic acids is 1. The second-order valence-electron chi connectivity index (χ2n) is 6.07. The Labute approximate surface area is 137 Å².